The molecule has 6 heteroatoms. The number of rotatable bonds is 4. The Morgan fingerprint density at radius 3 is 2.60 bits per heavy atom. The predicted molar refractivity (Wildman–Crippen MR) is 77.6 cm³/mol. The fraction of sp³-hybridized carbons (Fsp3) is 0.286. The van der Waals surface area contributed by atoms with Crippen LogP contribution in [0.4, 0.5) is 0 Å². The van der Waals surface area contributed by atoms with E-state index < -0.39 is 17.9 Å². The molecule has 1 aromatic heterocycles. The second-order valence-electron chi connectivity index (χ2n) is 4.80. The van der Waals surface area contributed by atoms with Crippen LogP contribution in [-0.4, -0.2) is 23.0 Å². The van der Waals surface area contributed by atoms with Gasteiger partial charge in [-0.15, -0.1) is 0 Å². The molecular formula is C14H14BrNO4. The number of carbonyl (C=O) groups is 2. The molecule has 0 aliphatic rings. The predicted octanol–water partition coefficient (Wildman–Crippen LogP) is 3.03. The van der Waals surface area contributed by atoms with E-state index in [4.69, 9.17) is 9.52 Å². The van der Waals surface area contributed by atoms with E-state index in [2.05, 4.69) is 21.2 Å². The Bertz CT molecular complexity index is 662. The lowest BCUT2D eigenvalue weighted by molar-refractivity contribution is -0.140. The number of nitrogens with one attached hydrogen (secondary N) is 1. The number of furan rings is 1. The number of fused-ring (bicyclic) bond motifs is 1. The summed E-state index contributed by atoms with van der Waals surface area (Å²) >= 11 is 3.34. The van der Waals surface area contributed by atoms with Crippen molar-refractivity contribution in [2.24, 2.45) is 5.92 Å². The Morgan fingerprint density at radius 2 is 2.05 bits per heavy atom. The number of carboxylic acid groups (broad SMARTS) is 1. The van der Waals surface area contributed by atoms with Gasteiger partial charge in [0.25, 0.3) is 5.91 Å². The van der Waals surface area contributed by atoms with Crippen LogP contribution >= 0.6 is 15.9 Å². The first kappa shape index (κ1) is 14.6. The van der Waals surface area contributed by atoms with Crippen LogP contribution in [0.5, 0.6) is 0 Å². The second kappa shape index (κ2) is 5.66. The summed E-state index contributed by atoms with van der Waals surface area (Å²) in [5, 5.41) is 12.3. The maximum atomic E-state index is 12.1. The van der Waals surface area contributed by atoms with Crippen molar-refractivity contribution in [1.82, 2.24) is 5.32 Å². The van der Waals surface area contributed by atoms with Crippen LogP contribution in [0.15, 0.2) is 33.2 Å². The van der Waals surface area contributed by atoms with Crippen molar-refractivity contribution < 1.29 is 19.1 Å². The fourth-order valence-electron chi connectivity index (χ4n) is 1.87. The van der Waals surface area contributed by atoms with E-state index in [9.17, 15) is 9.59 Å². The lowest BCUT2D eigenvalue weighted by Gasteiger charge is -2.16. The highest BCUT2D eigenvalue weighted by atomic mass is 79.9. The maximum Gasteiger partial charge on any atom is 0.326 e. The van der Waals surface area contributed by atoms with Crippen molar-refractivity contribution >= 4 is 38.8 Å². The molecule has 0 saturated heterocycles. The third-order valence-corrected chi connectivity index (χ3v) is 3.56. The number of aliphatic carboxylic acids is 1. The largest absolute Gasteiger partial charge is 0.480 e. The van der Waals surface area contributed by atoms with E-state index in [1.54, 1.807) is 19.9 Å². The van der Waals surface area contributed by atoms with Gasteiger partial charge >= 0.3 is 5.97 Å². The third kappa shape index (κ3) is 2.85. The van der Waals surface area contributed by atoms with Gasteiger partial charge < -0.3 is 14.8 Å². The zero-order valence-electron chi connectivity index (χ0n) is 11.0. The monoisotopic (exact) mass is 339 g/mol. The number of amides is 1. The summed E-state index contributed by atoms with van der Waals surface area (Å²) < 4.78 is 6.21. The van der Waals surface area contributed by atoms with E-state index in [0.717, 1.165) is 9.86 Å². The molecule has 0 aliphatic heterocycles. The van der Waals surface area contributed by atoms with E-state index in [1.165, 1.54) is 0 Å². The van der Waals surface area contributed by atoms with Crippen molar-refractivity contribution in [3.05, 3.63) is 34.5 Å². The molecule has 2 rings (SSSR count). The van der Waals surface area contributed by atoms with Crippen molar-refractivity contribution in [1.29, 1.82) is 0 Å². The molecule has 0 bridgehead atoms. The molecule has 0 radical (unpaired) electrons. The SMILES string of the molecule is CC(C)C(NC(=O)c1cc2cccc(Br)c2o1)C(=O)O. The highest BCUT2D eigenvalue weighted by Gasteiger charge is 2.25. The minimum absolute atomic E-state index is 0.0961. The van der Waals surface area contributed by atoms with Crippen LogP contribution in [0.3, 0.4) is 0 Å². The van der Waals surface area contributed by atoms with E-state index in [0.29, 0.717) is 5.58 Å². The van der Waals surface area contributed by atoms with Gasteiger partial charge in [-0.2, -0.15) is 0 Å². The van der Waals surface area contributed by atoms with E-state index in [-0.39, 0.29) is 11.7 Å². The molecule has 1 atom stereocenters. The number of benzene rings is 1. The molecule has 1 amide bonds. The number of halogens is 1. The van der Waals surface area contributed by atoms with E-state index >= 15 is 0 Å². The molecule has 0 spiro atoms. The molecular weight excluding hydrogens is 326 g/mol. The van der Waals surface area contributed by atoms with Crippen molar-refractivity contribution in [3.8, 4) is 0 Å². The summed E-state index contributed by atoms with van der Waals surface area (Å²) in [7, 11) is 0. The van der Waals surface area contributed by atoms with Crippen LogP contribution in [0.1, 0.15) is 24.4 Å². The first-order valence-corrected chi connectivity index (χ1v) is 6.91. The maximum absolute atomic E-state index is 12.1. The van der Waals surface area contributed by atoms with Gasteiger partial charge in [0.15, 0.2) is 5.76 Å². The summed E-state index contributed by atoms with van der Waals surface area (Å²) in [4.78, 5) is 23.1. The Hall–Kier alpha value is -1.82. The van der Waals surface area contributed by atoms with Crippen molar-refractivity contribution in [2.45, 2.75) is 19.9 Å². The van der Waals surface area contributed by atoms with Gasteiger partial charge in [-0.3, -0.25) is 4.79 Å². The molecule has 2 N–H and O–H groups in total. The van der Waals surface area contributed by atoms with Gasteiger partial charge in [-0.25, -0.2) is 4.79 Å². The summed E-state index contributed by atoms with van der Waals surface area (Å²) in [6.07, 6.45) is 0. The number of para-hydroxylation sites is 1. The number of carbonyl (C=O) groups excluding carboxylic acids is 1. The lowest BCUT2D eigenvalue weighted by Crippen LogP contribution is -2.44. The van der Waals surface area contributed by atoms with Crippen LogP contribution in [0.2, 0.25) is 0 Å². The van der Waals surface area contributed by atoms with Crippen molar-refractivity contribution in [2.75, 3.05) is 0 Å². The highest BCUT2D eigenvalue weighted by molar-refractivity contribution is 9.10. The fourth-order valence-corrected chi connectivity index (χ4v) is 2.33. The molecule has 0 fully saturated rings. The Morgan fingerprint density at radius 1 is 1.35 bits per heavy atom. The molecule has 2 aromatic rings. The smallest absolute Gasteiger partial charge is 0.326 e. The summed E-state index contributed by atoms with van der Waals surface area (Å²) in [5.74, 6) is -1.72. The summed E-state index contributed by atoms with van der Waals surface area (Å²) in [6.45, 7) is 3.46. The number of hydrogen-bond acceptors (Lipinski definition) is 3. The normalized spacial score (nSPS) is 12.6. The second-order valence-corrected chi connectivity index (χ2v) is 5.66. The van der Waals surface area contributed by atoms with Crippen LogP contribution in [0, 0.1) is 5.92 Å². The topological polar surface area (TPSA) is 79.5 Å². The van der Waals surface area contributed by atoms with E-state index in [1.807, 2.05) is 18.2 Å². The minimum Gasteiger partial charge on any atom is -0.480 e. The van der Waals surface area contributed by atoms with Crippen LogP contribution < -0.4 is 5.32 Å². The molecule has 1 aromatic carbocycles. The number of carboxylic acids is 1. The average Bonchev–Trinajstić information content (AvgIpc) is 2.80. The summed E-state index contributed by atoms with van der Waals surface area (Å²) in [6, 6.07) is 6.10. The lowest BCUT2D eigenvalue weighted by atomic mass is 10.0. The van der Waals surface area contributed by atoms with Gasteiger partial charge in [0.05, 0.1) is 4.47 Å². The molecule has 1 heterocycles. The molecule has 20 heavy (non-hydrogen) atoms. The van der Waals surface area contributed by atoms with Gasteiger partial charge in [0.2, 0.25) is 0 Å². The molecule has 0 saturated carbocycles. The van der Waals surface area contributed by atoms with Crippen LogP contribution in [0.25, 0.3) is 11.0 Å². The van der Waals surface area contributed by atoms with Gasteiger partial charge in [0, 0.05) is 5.39 Å². The molecule has 106 valence electrons. The highest BCUT2D eigenvalue weighted by Crippen LogP contribution is 2.27. The molecule has 0 aliphatic carbocycles. The van der Waals surface area contributed by atoms with Gasteiger partial charge in [0.1, 0.15) is 11.6 Å². The summed E-state index contributed by atoms with van der Waals surface area (Å²) in [5.41, 5.74) is 0.564. The standard InChI is InChI=1S/C14H14BrNO4/c1-7(2)11(14(18)19)16-13(17)10-6-8-4-3-5-9(15)12(8)20-10/h3-7,11H,1-2H3,(H,16,17)(H,18,19). The Balaban J connectivity index is 2.27. The quantitative estimate of drug-likeness (QED) is 0.897. The van der Waals surface area contributed by atoms with Gasteiger partial charge in [-0.1, -0.05) is 26.0 Å². The average molecular weight is 340 g/mol. The first-order valence-electron chi connectivity index (χ1n) is 6.12. The zero-order valence-corrected chi connectivity index (χ0v) is 12.6. The van der Waals surface area contributed by atoms with Gasteiger partial charge in [-0.05, 0) is 34.0 Å². The van der Waals surface area contributed by atoms with Crippen LogP contribution in [-0.2, 0) is 4.79 Å². The first-order chi connectivity index (χ1) is 9.40. The molecule has 1 unspecified atom stereocenters. The Kier molecular flexibility index (Phi) is 4.13. The zero-order chi connectivity index (χ0) is 14.9. The Labute approximate surface area is 124 Å². The molecule has 5 nitrogen and oxygen atoms in total. The third-order valence-electron chi connectivity index (χ3n) is 2.94. The number of hydrogen-bond donors (Lipinski definition) is 2. The van der Waals surface area contributed by atoms with Crippen molar-refractivity contribution in [3.63, 3.8) is 0 Å². The minimum atomic E-state index is -1.06.